The molecule has 3 amide bonds. The first-order valence-electron chi connectivity index (χ1n) is 6.55. The smallest absolute Gasteiger partial charge is 0.270 e. The summed E-state index contributed by atoms with van der Waals surface area (Å²) in [5.41, 5.74) is 3.65. The molecule has 1 aromatic heterocycles. The molecule has 0 saturated carbocycles. The van der Waals surface area contributed by atoms with E-state index in [1.54, 1.807) is 24.3 Å². The highest BCUT2D eigenvalue weighted by Crippen LogP contribution is 2.12. The molecule has 0 aliphatic carbocycles. The van der Waals surface area contributed by atoms with Crippen LogP contribution in [-0.4, -0.2) is 27.3 Å². The van der Waals surface area contributed by atoms with Gasteiger partial charge in [0.15, 0.2) is 0 Å². The van der Waals surface area contributed by atoms with Crippen LogP contribution >= 0.6 is 0 Å². The molecule has 3 rings (SSSR count). The maximum atomic E-state index is 12.0. The first kappa shape index (κ1) is 13.1. The fraction of sp³-hybridized carbons (Fsp3) is 0.133. The molecule has 0 radical (unpaired) electrons. The molecule has 0 atom stereocenters. The summed E-state index contributed by atoms with van der Waals surface area (Å²) in [6, 6.07) is 10.7. The normalized spacial score (nSPS) is 14.6. The van der Waals surface area contributed by atoms with Gasteiger partial charge < -0.3 is 4.57 Å². The average molecular weight is 283 g/mol. The van der Waals surface area contributed by atoms with Crippen molar-refractivity contribution in [1.82, 2.24) is 15.0 Å². The van der Waals surface area contributed by atoms with Gasteiger partial charge in [-0.25, -0.2) is 0 Å². The lowest BCUT2D eigenvalue weighted by atomic mass is 10.2. The van der Waals surface area contributed by atoms with E-state index in [1.807, 2.05) is 29.1 Å². The van der Waals surface area contributed by atoms with Crippen molar-refractivity contribution < 1.29 is 14.4 Å². The quantitative estimate of drug-likeness (QED) is 0.862. The molecule has 0 spiro atoms. The maximum absolute atomic E-state index is 12.0. The predicted octanol–water partition coefficient (Wildman–Crippen LogP) is 1.27. The topological polar surface area (TPSA) is 71.4 Å². The number of hydrogen-bond acceptors (Lipinski definition) is 3. The monoisotopic (exact) mass is 283 g/mol. The number of imide groups is 1. The van der Waals surface area contributed by atoms with Crippen molar-refractivity contribution >= 4 is 17.7 Å². The van der Waals surface area contributed by atoms with Crippen LogP contribution in [0.15, 0.2) is 48.8 Å². The maximum Gasteiger partial charge on any atom is 0.270 e. The number of carbonyl (C=O) groups excluding carboxylic acids is 3. The van der Waals surface area contributed by atoms with Gasteiger partial charge in [0.2, 0.25) is 11.8 Å². The molecule has 6 nitrogen and oxygen atoms in total. The molecular weight excluding hydrogens is 270 g/mol. The molecule has 0 bridgehead atoms. The van der Waals surface area contributed by atoms with E-state index in [1.165, 1.54) is 0 Å². The minimum Gasteiger partial charge on any atom is -0.324 e. The summed E-state index contributed by atoms with van der Waals surface area (Å²) >= 11 is 0. The van der Waals surface area contributed by atoms with Crippen molar-refractivity contribution in [2.45, 2.75) is 12.8 Å². The summed E-state index contributed by atoms with van der Waals surface area (Å²) in [4.78, 5) is 34.9. The fourth-order valence-corrected chi connectivity index (χ4v) is 2.16. The molecule has 1 N–H and O–H groups in total. The second-order valence-electron chi connectivity index (χ2n) is 4.70. The summed E-state index contributed by atoms with van der Waals surface area (Å²) in [5, 5.41) is 0.794. The molecule has 0 unspecified atom stereocenters. The lowest BCUT2D eigenvalue weighted by Crippen LogP contribution is -2.45. The van der Waals surface area contributed by atoms with Gasteiger partial charge in [0, 0.05) is 36.5 Å². The van der Waals surface area contributed by atoms with Gasteiger partial charge in [0.25, 0.3) is 5.91 Å². The van der Waals surface area contributed by atoms with Gasteiger partial charge in [0.1, 0.15) is 0 Å². The number of benzene rings is 1. The lowest BCUT2D eigenvalue weighted by Gasteiger charge is -2.15. The van der Waals surface area contributed by atoms with Crippen LogP contribution < -0.4 is 5.43 Å². The second-order valence-corrected chi connectivity index (χ2v) is 4.70. The zero-order valence-corrected chi connectivity index (χ0v) is 11.2. The van der Waals surface area contributed by atoms with E-state index in [4.69, 9.17) is 0 Å². The molecule has 2 heterocycles. The molecule has 1 aliphatic rings. The van der Waals surface area contributed by atoms with Gasteiger partial charge in [-0.3, -0.25) is 19.8 Å². The molecule has 1 saturated heterocycles. The molecule has 1 aliphatic heterocycles. The minimum absolute atomic E-state index is 0.145. The SMILES string of the molecule is O=C(NN1C(=O)CCC1=O)c1ccc(-n2cccc2)cc1. The van der Waals surface area contributed by atoms with E-state index in [9.17, 15) is 14.4 Å². The molecule has 21 heavy (non-hydrogen) atoms. The van der Waals surface area contributed by atoms with E-state index >= 15 is 0 Å². The Labute approximate surface area is 120 Å². The van der Waals surface area contributed by atoms with Crippen LogP contribution in [0, 0.1) is 0 Å². The summed E-state index contributed by atoms with van der Waals surface area (Å²) in [6.07, 6.45) is 4.09. The third-order valence-electron chi connectivity index (χ3n) is 3.30. The predicted molar refractivity (Wildman–Crippen MR) is 74.3 cm³/mol. The summed E-state index contributed by atoms with van der Waals surface area (Å²) < 4.78 is 1.91. The Kier molecular flexibility index (Phi) is 3.27. The van der Waals surface area contributed by atoms with Crippen molar-refractivity contribution in [3.05, 3.63) is 54.4 Å². The minimum atomic E-state index is -0.474. The summed E-state index contributed by atoms with van der Waals surface area (Å²) in [7, 11) is 0. The van der Waals surface area contributed by atoms with Crippen LogP contribution in [0.4, 0.5) is 0 Å². The highest BCUT2D eigenvalue weighted by atomic mass is 16.2. The van der Waals surface area contributed by atoms with Gasteiger partial charge >= 0.3 is 0 Å². The summed E-state index contributed by atoms with van der Waals surface area (Å²) in [5.74, 6) is -1.23. The zero-order chi connectivity index (χ0) is 14.8. The number of hydrazine groups is 1. The standard InChI is InChI=1S/C15H13N3O3/c19-13-7-8-14(20)18(13)16-15(21)11-3-5-12(6-4-11)17-9-1-2-10-17/h1-6,9-10H,7-8H2,(H,16,21). The number of nitrogens with one attached hydrogen (secondary N) is 1. The van der Waals surface area contributed by atoms with E-state index in [0.29, 0.717) is 5.56 Å². The van der Waals surface area contributed by atoms with Crippen molar-refractivity contribution in [3.63, 3.8) is 0 Å². The Morgan fingerprint density at radius 1 is 0.952 bits per heavy atom. The van der Waals surface area contributed by atoms with Crippen molar-refractivity contribution in [2.75, 3.05) is 0 Å². The number of rotatable bonds is 3. The number of hydrogen-bond donors (Lipinski definition) is 1. The van der Waals surface area contributed by atoms with Crippen molar-refractivity contribution in [3.8, 4) is 5.69 Å². The molecule has 1 aromatic carbocycles. The Morgan fingerprint density at radius 2 is 1.52 bits per heavy atom. The van der Waals surface area contributed by atoms with Gasteiger partial charge in [-0.1, -0.05) is 0 Å². The highest BCUT2D eigenvalue weighted by Gasteiger charge is 2.30. The number of aromatic nitrogens is 1. The number of amides is 3. The van der Waals surface area contributed by atoms with E-state index in [2.05, 4.69) is 5.43 Å². The zero-order valence-electron chi connectivity index (χ0n) is 11.2. The van der Waals surface area contributed by atoms with Crippen molar-refractivity contribution in [1.29, 1.82) is 0 Å². The van der Waals surface area contributed by atoms with Crippen LogP contribution in [0.3, 0.4) is 0 Å². The van der Waals surface area contributed by atoms with Gasteiger partial charge in [-0.05, 0) is 36.4 Å². The van der Waals surface area contributed by atoms with E-state index in [0.717, 1.165) is 10.7 Å². The van der Waals surface area contributed by atoms with Gasteiger partial charge in [-0.15, -0.1) is 0 Å². The molecule has 106 valence electrons. The van der Waals surface area contributed by atoms with E-state index in [-0.39, 0.29) is 24.7 Å². The van der Waals surface area contributed by atoms with Gasteiger partial charge in [-0.2, -0.15) is 5.01 Å². The Balaban J connectivity index is 1.73. The summed E-state index contributed by atoms with van der Waals surface area (Å²) in [6.45, 7) is 0. The Morgan fingerprint density at radius 3 is 2.10 bits per heavy atom. The third kappa shape index (κ3) is 2.55. The fourth-order valence-electron chi connectivity index (χ4n) is 2.16. The molecule has 6 heteroatoms. The average Bonchev–Trinajstić information content (AvgIpc) is 3.13. The number of nitrogens with zero attached hydrogens (tertiary/aromatic N) is 2. The second kappa shape index (κ2) is 5.24. The molecule has 1 fully saturated rings. The highest BCUT2D eigenvalue weighted by molar-refractivity contribution is 6.05. The van der Waals surface area contributed by atoms with Crippen LogP contribution in [0.2, 0.25) is 0 Å². The van der Waals surface area contributed by atoms with E-state index < -0.39 is 5.91 Å². The molecule has 2 aromatic rings. The van der Waals surface area contributed by atoms with Crippen LogP contribution in [0.5, 0.6) is 0 Å². The largest absolute Gasteiger partial charge is 0.324 e. The first-order valence-corrected chi connectivity index (χ1v) is 6.55. The van der Waals surface area contributed by atoms with Crippen LogP contribution in [-0.2, 0) is 9.59 Å². The molecular formula is C15H13N3O3. The Hall–Kier alpha value is -2.89. The van der Waals surface area contributed by atoms with Crippen LogP contribution in [0.1, 0.15) is 23.2 Å². The van der Waals surface area contributed by atoms with Crippen molar-refractivity contribution in [2.24, 2.45) is 0 Å². The number of carbonyl (C=O) groups is 3. The first-order chi connectivity index (χ1) is 10.1. The van der Waals surface area contributed by atoms with Gasteiger partial charge in [0.05, 0.1) is 0 Å². The Bertz CT molecular complexity index is 673. The lowest BCUT2D eigenvalue weighted by molar-refractivity contribution is -0.141. The van der Waals surface area contributed by atoms with Crippen LogP contribution in [0.25, 0.3) is 5.69 Å². The third-order valence-corrected chi connectivity index (χ3v) is 3.30.